The number of ether oxygens (including phenoxy) is 1. The van der Waals surface area contributed by atoms with Crippen LogP contribution < -0.4 is 14.5 Å². The Labute approximate surface area is 204 Å². The Morgan fingerprint density at radius 3 is 2.57 bits per heavy atom. The van der Waals surface area contributed by atoms with Crippen LogP contribution >= 0.6 is 0 Å². The number of nitriles is 1. The lowest BCUT2D eigenvalue weighted by molar-refractivity contribution is -0.117. The molecule has 2 amide bonds. The number of carbonyl (C=O) groups excluding carboxylic acids is 2. The molecule has 0 saturated heterocycles. The number of pyridine rings is 1. The van der Waals surface area contributed by atoms with Gasteiger partial charge in [-0.1, -0.05) is 18.2 Å². The quantitative estimate of drug-likeness (QED) is 0.518. The van der Waals surface area contributed by atoms with Crippen molar-refractivity contribution < 1.29 is 14.3 Å². The first-order chi connectivity index (χ1) is 16.9. The number of rotatable bonds is 4. The van der Waals surface area contributed by atoms with Crippen LogP contribution in [0.5, 0.6) is 5.75 Å². The number of fused-ring (bicyclic) bond motifs is 1. The Hall–Kier alpha value is -4.18. The number of amides is 2. The van der Waals surface area contributed by atoms with Crippen molar-refractivity contribution in [2.75, 3.05) is 16.3 Å². The second kappa shape index (κ2) is 9.22. The molecule has 2 aromatic carbocycles. The molecule has 5 rings (SSSR count). The number of carbonyl (C=O) groups is 2. The summed E-state index contributed by atoms with van der Waals surface area (Å²) in [4.78, 5) is 33.6. The lowest BCUT2D eigenvalue weighted by atomic mass is 10.0. The van der Waals surface area contributed by atoms with Crippen molar-refractivity contribution in [1.82, 2.24) is 4.98 Å². The lowest BCUT2D eigenvalue weighted by Crippen LogP contribution is -2.52. The molecule has 1 aliphatic heterocycles. The molecule has 35 heavy (non-hydrogen) atoms. The fourth-order valence-corrected chi connectivity index (χ4v) is 4.58. The molecular formula is C28H26N4O3. The summed E-state index contributed by atoms with van der Waals surface area (Å²) >= 11 is 0. The molecule has 1 saturated carbocycles. The largest absolute Gasteiger partial charge is 0.419 e. The normalized spacial score (nSPS) is 16.9. The third kappa shape index (κ3) is 4.73. The molecule has 3 aromatic rings. The maximum atomic E-state index is 13.3. The lowest BCUT2D eigenvalue weighted by Gasteiger charge is -2.40. The van der Waals surface area contributed by atoms with Crippen molar-refractivity contribution in [2.45, 2.75) is 39.2 Å². The minimum Gasteiger partial charge on any atom is -0.410 e. The van der Waals surface area contributed by atoms with Gasteiger partial charge in [-0.2, -0.15) is 5.26 Å². The highest BCUT2D eigenvalue weighted by molar-refractivity contribution is 6.03. The molecule has 0 radical (unpaired) electrons. The zero-order valence-corrected chi connectivity index (χ0v) is 19.8. The van der Waals surface area contributed by atoms with E-state index in [0.29, 0.717) is 22.7 Å². The van der Waals surface area contributed by atoms with Gasteiger partial charge in [0.05, 0.1) is 29.0 Å². The molecule has 0 bridgehead atoms. The number of hydrogen-bond acceptors (Lipinski definition) is 5. The van der Waals surface area contributed by atoms with Crippen molar-refractivity contribution in [1.29, 1.82) is 5.26 Å². The van der Waals surface area contributed by atoms with E-state index in [4.69, 9.17) is 10.00 Å². The van der Waals surface area contributed by atoms with Crippen molar-refractivity contribution in [2.24, 2.45) is 5.92 Å². The standard InChI is InChI=1S/C28H26N4O3/c1-18-17-31(28(34)35-25-5-3-4-21(13-25)15-29)27-14-22(9-11-26(27)32(18)19(2)33)23-8-10-24(30-16-23)12-20-6-7-20/h3-5,8-11,13-14,16,18,20H,6-7,12,17H2,1-2H3/t18-/m0/s1. The van der Waals surface area contributed by atoms with Crippen LogP contribution in [-0.4, -0.2) is 29.6 Å². The van der Waals surface area contributed by atoms with Gasteiger partial charge in [0.1, 0.15) is 5.75 Å². The average molecular weight is 467 g/mol. The summed E-state index contributed by atoms with van der Waals surface area (Å²) in [7, 11) is 0. The van der Waals surface area contributed by atoms with E-state index in [2.05, 4.69) is 17.1 Å². The van der Waals surface area contributed by atoms with Crippen LogP contribution in [0, 0.1) is 17.2 Å². The van der Waals surface area contributed by atoms with Crippen LogP contribution in [0.1, 0.15) is 37.9 Å². The third-order valence-corrected chi connectivity index (χ3v) is 6.49. The van der Waals surface area contributed by atoms with Gasteiger partial charge < -0.3 is 9.64 Å². The predicted octanol–water partition coefficient (Wildman–Crippen LogP) is 5.33. The Morgan fingerprint density at radius 1 is 1.09 bits per heavy atom. The summed E-state index contributed by atoms with van der Waals surface area (Å²) < 4.78 is 5.62. The molecule has 1 atom stereocenters. The van der Waals surface area contributed by atoms with Crippen LogP contribution in [0.3, 0.4) is 0 Å². The number of nitrogens with zero attached hydrogens (tertiary/aromatic N) is 4. The number of hydrogen-bond donors (Lipinski definition) is 0. The summed E-state index contributed by atoms with van der Waals surface area (Å²) in [5.41, 5.74) is 4.59. The van der Waals surface area contributed by atoms with Gasteiger partial charge in [-0.3, -0.25) is 14.7 Å². The summed E-state index contributed by atoms with van der Waals surface area (Å²) in [5, 5.41) is 9.15. The van der Waals surface area contributed by atoms with Crippen LogP contribution in [-0.2, 0) is 11.2 Å². The highest BCUT2D eigenvalue weighted by Gasteiger charge is 2.35. The van der Waals surface area contributed by atoms with E-state index in [1.165, 1.54) is 25.8 Å². The van der Waals surface area contributed by atoms with E-state index in [1.807, 2.05) is 37.4 Å². The van der Waals surface area contributed by atoms with E-state index in [1.54, 1.807) is 28.0 Å². The van der Waals surface area contributed by atoms with E-state index < -0.39 is 6.09 Å². The molecule has 7 nitrogen and oxygen atoms in total. The smallest absolute Gasteiger partial charge is 0.410 e. The number of benzene rings is 2. The second-order valence-electron chi connectivity index (χ2n) is 9.25. The maximum Gasteiger partial charge on any atom is 0.419 e. The Morgan fingerprint density at radius 2 is 1.89 bits per heavy atom. The van der Waals surface area contributed by atoms with Crippen molar-refractivity contribution >= 4 is 23.4 Å². The molecule has 0 spiro atoms. The third-order valence-electron chi connectivity index (χ3n) is 6.49. The Bertz CT molecular complexity index is 1320. The molecule has 2 aliphatic rings. The SMILES string of the molecule is CC(=O)N1c2ccc(-c3ccc(CC4CC4)nc3)cc2N(C(=O)Oc2cccc(C#N)c2)C[C@@H]1C. The van der Waals surface area contributed by atoms with Crippen LogP contribution in [0.2, 0.25) is 0 Å². The van der Waals surface area contributed by atoms with Gasteiger partial charge in [0.2, 0.25) is 5.91 Å². The topological polar surface area (TPSA) is 86.5 Å². The van der Waals surface area contributed by atoms with E-state index >= 15 is 0 Å². The molecule has 1 aliphatic carbocycles. The van der Waals surface area contributed by atoms with Gasteiger partial charge in [-0.25, -0.2) is 4.79 Å². The molecule has 1 aromatic heterocycles. The van der Waals surface area contributed by atoms with Crippen molar-refractivity contribution in [3.8, 4) is 22.9 Å². The van der Waals surface area contributed by atoms with Crippen LogP contribution in [0.25, 0.3) is 11.1 Å². The zero-order valence-electron chi connectivity index (χ0n) is 19.8. The Balaban J connectivity index is 1.48. The fraction of sp³-hybridized carbons (Fsp3) is 0.286. The molecule has 0 N–H and O–H groups in total. The monoisotopic (exact) mass is 466 g/mol. The number of aromatic nitrogens is 1. The van der Waals surface area contributed by atoms with Crippen LogP contribution in [0.15, 0.2) is 60.8 Å². The first-order valence-electron chi connectivity index (χ1n) is 11.8. The summed E-state index contributed by atoms with van der Waals surface area (Å²) in [6.07, 6.45) is 4.89. The molecule has 2 heterocycles. The van der Waals surface area contributed by atoms with Crippen molar-refractivity contribution in [3.05, 3.63) is 72.1 Å². The first-order valence-corrected chi connectivity index (χ1v) is 11.8. The van der Waals surface area contributed by atoms with Gasteiger partial charge in [0.25, 0.3) is 0 Å². The minimum atomic E-state index is -0.563. The zero-order chi connectivity index (χ0) is 24.5. The first kappa shape index (κ1) is 22.6. The van der Waals surface area contributed by atoms with E-state index in [0.717, 1.165) is 29.2 Å². The molecular weight excluding hydrogens is 440 g/mol. The van der Waals surface area contributed by atoms with Gasteiger partial charge >= 0.3 is 6.09 Å². The summed E-state index contributed by atoms with van der Waals surface area (Å²) in [6.45, 7) is 3.71. The second-order valence-corrected chi connectivity index (χ2v) is 9.25. The van der Waals surface area contributed by atoms with Gasteiger partial charge in [-0.15, -0.1) is 0 Å². The predicted molar refractivity (Wildman–Crippen MR) is 133 cm³/mol. The highest BCUT2D eigenvalue weighted by Crippen LogP contribution is 2.39. The fourth-order valence-electron chi connectivity index (χ4n) is 4.58. The summed E-state index contributed by atoms with van der Waals surface area (Å²) in [5.74, 6) is 0.973. The summed E-state index contributed by atoms with van der Waals surface area (Å²) in [6, 6.07) is 18.1. The molecule has 7 heteroatoms. The highest BCUT2D eigenvalue weighted by atomic mass is 16.6. The maximum absolute atomic E-state index is 13.3. The minimum absolute atomic E-state index is 0.0904. The van der Waals surface area contributed by atoms with E-state index in [-0.39, 0.29) is 18.5 Å². The van der Waals surface area contributed by atoms with E-state index in [9.17, 15) is 9.59 Å². The van der Waals surface area contributed by atoms with Gasteiger partial charge in [0.15, 0.2) is 0 Å². The average Bonchev–Trinajstić information content (AvgIpc) is 3.67. The van der Waals surface area contributed by atoms with Gasteiger partial charge in [0, 0.05) is 30.9 Å². The van der Waals surface area contributed by atoms with Crippen LogP contribution in [0.4, 0.5) is 16.2 Å². The van der Waals surface area contributed by atoms with Crippen molar-refractivity contribution in [3.63, 3.8) is 0 Å². The Kier molecular flexibility index (Phi) is 5.96. The molecule has 0 unspecified atom stereocenters. The van der Waals surface area contributed by atoms with Gasteiger partial charge in [-0.05, 0) is 74.1 Å². The number of anilines is 2. The molecule has 1 fully saturated rings. The molecule has 176 valence electrons.